The van der Waals surface area contributed by atoms with Crippen molar-refractivity contribution in [3.63, 3.8) is 0 Å². The summed E-state index contributed by atoms with van der Waals surface area (Å²) in [6.07, 6.45) is 8.15. The Balaban J connectivity index is 2.00. The SMILES string of the molecule is O=C1CCCC[C@@H]1[C@@H]1CCCC[C@H]1O. The molecule has 0 saturated heterocycles. The average molecular weight is 196 g/mol. The minimum absolute atomic E-state index is 0.194. The van der Waals surface area contributed by atoms with E-state index in [1.54, 1.807) is 0 Å². The molecule has 2 aliphatic rings. The highest BCUT2D eigenvalue weighted by Gasteiger charge is 2.35. The fourth-order valence-corrected chi connectivity index (χ4v) is 3.07. The maximum absolute atomic E-state index is 11.7. The molecular formula is C12H20O2. The van der Waals surface area contributed by atoms with Crippen molar-refractivity contribution in [1.29, 1.82) is 0 Å². The summed E-state index contributed by atoms with van der Waals surface area (Å²) in [5.41, 5.74) is 0. The fraction of sp³-hybridized carbons (Fsp3) is 0.917. The van der Waals surface area contributed by atoms with Crippen molar-refractivity contribution in [2.75, 3.05) is 0 Å². The van der Waals surface area contributed by atoms with Gasteiger partial charge in [0.05, 0.1) is 6.10 Å². The summed E-state index contributed by atoms with van der Waals surface area (Å²) >= 11 is 0. The second-order valence-electron chi connectivity index (χ2n) is 4.83. The van der Waals surface area contributed by atoms with Gasteiger partial charge in [-0.1, -0.05) is 19.3 Å². The molecular weight excluding hydrogens is 176 g/mol. The molecule has 2 nitrogen and oxygen atoms in total. The van der Waals surface area contributed by atoms with Crippen LogP contribution in [0.5, 0.6) is 0 Å². The number of hydrogen-bond acceptors (Lipinski definition) is 2. The standard InChI is InChI=1S/C12H20O2/c13-11-7-3-1-5-9(11)10-6-2-4-8-12(10)14/h9-11,13H,1-8H2/t9-,10+,11+/m0/s1. The molecule has 1 N–H and O–H groups in total. The highest BCUT2D eigenvalue weighted by atomic mass is 16.3. The van der Waals surface area contributed by atoms with Crippen molar-refractivity contribution in [2.45, 2.75) is 57.5 Å². The maximum atomic E-state index is 11.7. The van der Waals surface area contributed by atoms with E-state index in [-0.39, 0.29) is 17.9 Å². The second kappa shape index (κ2) is 4.43. The topological polar surface area (TPSA) is 37.3 Å². The van der Waals surface area contributed by atoms with E-state index < -0.39 is 0 Å². The van der Waals surface area contributed by atoms with Gasteiger partial charge in [0.25, 0.3) is 0 Å². The number of carbonyl (C=O) groups excluding carboxylic acids is 1. The molecule has 2 rings (SSSR count). The lowest BCUT2D eigenvalue weighted by atomic mass is 9.71. The summed E-state index contributed by atoms with van der Waals surface area (Å²) in [7, 11) is 0. The zero-order valence-electron chi connectivity index (χ0n) is 8.74. The Labute approximate surface area is 85.7 Å². The van der Waals surface area contributed by atoms with Crippen LogP contribution in [0.4, 0.5) is 0 Å². The predicted octanol–water partition coefficient (Wildman–Crippen LogP) is 2.30. The van der Waals surface area contributed by atoms with Gasteiger partial charge >= 0.3 is 0 Å². The minimum Gasteiger partial charge on any atom is -0.393 e. The molecule has 0 heterocycles. The summed E-state index contributed by atoms with van der Waals surface area (Å²) in [6, 6.07) is 0. The van der Waals surface area contributed by atoms with E-state index in [1.807, 2.05) is 0 Å². The lowest BCUT2D eigenvalue weighted by Gasteiger charge is -2.35. The molecule has 0 bridgehead atoms. The first-order valence-corrected chi connectivity index (χ1v) is 6.00. The molecule has 2 aliphatic carbocycles. The quantitative estimate of drug-likeness (QED) is 0.698. The minimum atomic E-state index is -0.198. The zero-order valence-corrected chi connectivity index (χ0v) is 8.74. The van der Waals surface area contributed by atoms with Crippen LogP contribution in [0.25, 0.3) is 0 Å². The molecule has 0 radical (unpaired) electrons. The van der Waals surface area contributed by atoms with E-state index in [0.29, 0.717) is 5.78 Å². The number of aliphatic hydroxyl groups excluding tert-OH is 1. The number of Topliss-reactive ketones (excluding diaryl/α,β-unsaturated/α-hetero) is 1. The van der Waals surface area contributed by atoms with Crippen molar-refractivity contribution in [3.05, 3.63) is 0 Å². The monoisotopic (exact) mass is 196 g/mol. The van der Waals surface area contributed by atoms with Crippen molar-refractivity contribution < 1.29 is 9.90 Å². The Morgan fingerprint density at radius 2 is 1.71 bits per heavy atom. The number of aliphatic hydroxyl groups is 1. The number of ketones is 1. The molecule has 2 fully saturated rings. The number of hydrogen-bond donors (Lipinski definition) is 1. The van der Waals surface area contributed by atoms with Crippen molar-refractivity contribution in [2.24, 2.45) is 11.8 Å². The van der Waals surface area contributed by atoms with E-state index in [9.17, 15) is 9.90 Å². The summed E-state index contributed by atoms with van der Waals surface area (Å²) in [5, 5.41) is 9.89. The third-order valence-electron chi connectivity index (χ3n) is 3.90. The van der Waals surface area contributed by atoms with E-state index in [2.05, 4.69) is 0 Å². The lowest BCUT2D eigenvalue weighted by molar-refractivity contribution is -0.129. The summed E-state index contributed by atoms with van der Waals surface area (Å²) in [5.74, 6) is 0.901. The Bertz CT molecular complexity index is 212. The van der Waals surface area contributed by atoms with Crippen molar-refractivity contribution >= 4 is 5.78 Å². The van der Waals surface area contributed by atoms with Gasteiger partial charge in [-0.25, -0.2) is 0 Å². The highest BCUT2D eigenvalue weighted by molar-refractivity contribution is 5.82. The first-order valence-electron chi connectivity index (χ1n) is 6.00. The first-order chi connectivity index (χ1) is 6.79. The summed E-state index contributed by atoms with van der Waals surface area (Å²) in [4.78, 5) is 11.7. The normalized spacial score (nSPS) is 39.8. The summed E-state index contributed by atoms with van der Waals surface area (Å²) < 4.78 is 0. The largest absolute Gasteiger partial charge is 0.393 e. The zero-order chi connectivity index (χ0) is 9.97. The maximum Gasteiger partial charge on any atom is 0.136 e. The smallest absolute Gasteiger partial charge is 0.136 e. The molecule has 14 heavy (non-hydrogen) atoms. The van der Waals surface area contributed by atoms with Crippen LogP contribution < -0.4 is 0 Å². The van der Waals surface area contributed by atoms with Gasteiger partial charge in [0.2, 0.25) is 0 Å². The molecule has 2 heteroatoms. The third-order valence-corrected chi connectivity index (χ3v) is 3.90. The fourth-order valence-electron chi connectivity index (χ4n) is 3.07. The molecule has 3 atom stereocenters. The van der Waals surface area contributed by atoms with Crippen LogP contribution >= 0.6 is 0 Å². The van der Waals surface area contributed by atoms with Crippen LogP contribution in [-0.2, 0) is 4.79 Å². The Hall–Kier alpha value is -0.370. The Morgan fingerprint density at radius 3 is 2.43 bits per heavy atom. The Morgan fingerprint density at radius 1 is 1.00 bits per heavy atom. The van der Waals surface area contributed by atoms with Crippen molar-refractivity contribution in [1.82, 2.24) is 0 Å². The van der Waals surface area contributed by atoms with Gasteiger partial charge < -0.3 is 5.11 Å². The van der Waals surface area contributed by atoms with Crippen LogP contribution in [0.2, 0.25) is 0 Å². The first kappa shape index (κ1) is 10.2. The van der Waals surface area contributed by atoms with E-state index >= 15 is 0 Å². The van der Waals surface area contributed by atoms with E-state index in [1.165, 1.54) is 12.8 Å². The van der Waals surface area contributed by atoms with E-state index in [4.69, 9.17) is 0 Å². The molecule has 0 aromatic carbocycles. The molecule has 80 valence electrons. The van der Waals surface area contributed by atoms with Crippen LogP contribution in [0.1, 0.15) is 51.4 Å². The van der Waals surface area contributed by atoms with Crippen LogP contribution in [0.15, 0.2) is 0 Å². The third kappa shape index (κ3) is 2.00. The predicted molar refractivity (Wildman–Crippen MR) is 54.9 cm³/mol. The number of carbonyl (C=O) groups is 1. The number of rotatable bonds is 1. The van der Waals surface area contributed by atoms with Gasteiger partial charge in [0, 0.05) is 12.3 Å². The van der Waals surface area contributed by atoms with Crippen LogP contribution in [0.3, 0.4) is 0 Å². The van der Waals surface area contributed by atoms with Gasteiger partial charge in [-0.3, -0.25) is 4.79 Å². The Kier molecular flexibility index (Phi) is 3.22. The van der Waals surface area contributed by atoms with Gasteiger partial charge in [-0.05, 0) is 31.6 Å². The van der Waals surface area contributed by atoms with Gasteiger partial charge in [-0.2, -0.15) is 0 Å². The molecule has 0 unspecified atom stereocenters. The van der Waals surface area contributed by atoms with Crippen LogP contribution in [0, 0.1) is 11.8 Å². The molecule has 0 amide bonds. The lowest BCUT2D eigenvalue weighted by Crippen LogP contribution is -2.36. The average Bonchev–Trinajstić information content (AvgIpc) is 2.20. The van der Waals surface area contributed by atoms with Gasteiger partial charge in [0.15, 0.2) is 0 Å². The highest BCUT2D eigenvalue weighted by Crippen LogP contribution is 2.36. The molecule has 0 spiro atoms. The molecule has 0 aromatic rings. The summed E-state index contributed by atoms with van der Waals surface area (Å²) in [6.45, 7) is 0. The van der Waals surface area contributed by atoms with Gasteiger partial charge in [0.1, 0.15) is 5.78 Å². The van der Waals surface area contributed by atoms with Gasteiger partial charge in [-0.15, -0.1) is 0 Å². The second-order valence-corrected chi connectivity index (χ2v) is 4.83. The van der Waals surface area contributed by atoms with E-state index in [0.717, 1.165) is 38.5 Å². The molecule has 0 aromatic heterocycles. The molecule has 2 saturated carbocycles. The molecule has 0 aliphatic heterocycles. The van der Waals surface area contributed by atoms with Crippen LogP contribution in [-0.4, -0.2) is 17.0 Å². The van der Waals surface area contributed by atoms with Crippen molar-refractivity contribution in [3.8, 4) is 0 Å².